The number of hydrogen-bond donors (Lipinski definition) is 2. The van der Waals surface area contributed by atoms with E-state index in [2.05, 4.69) is 10.6 Å². The van der Waals surface area contributed by atoms with Crippen molar-refractivity contribution >= 4 is 17.8 Å². The number of carbonyl (C=O) groups is 1. The maximum absolute atomic E-state index is 13.0. The number of hydrogen-bond acceptors (Lipinski definition) is 2. The van der Waals surface area contributed by atoms with E-state index in [4.69, 9.17) is 0 Å². The van der Waals surface area contributed by atoms with Gasteiger partial charge < -0.3 is 15.5 Å². The Bertz CT molecular complexity index is 890. The number of nitrogens with zero attached hydrogens (tertiary/aromatic N) is 1. The van der Waals surface area contributed by atoms with Gasteiger partial charge in [0.05, 0.1) is 5.56 Å². The van der Waals surface area contributed by atoms with E-state index in [1.807, 2.05) is 43.3 Å². The first-order valence-corrected chi connectivity index (χ1v) is 10.5. The molecule has 0 unspecified atom stereocenters. The fourth-order valence-corrected chi connectivity index (χ4v) is 3.75. The molecule has 166 valence electrons. The van der Waals surface area contributed by atoms with Crippen molar-refractivity contribution in [2.75, 3.05) is 31.5 Å². The van der Waals surface area contributed by atoms with E-state index in [9.17, 15) is 18.0 Å². The summed E-state index contributed by atoms with van der Waals surface area (Å²) in [7, 11) is 0. The van der Waals surface area contributed by atoms with Gasteiger partial charge in [0.15, 0.2) is 0 Å². The summed E-state index contributed by atoms with van der Waals surface area (Å²) in [5.41, 5.74) is 1.40. The van der Waals surface area contributed by atoms with Crippen molar-refractivity contribution in [3.8, 4) is 0 Å². The second kappa shape index (κ2) is 10.5. The number of anilines is 1. The van der Waals surface area contributed by atoms with Crippen molar-refractivity contribution in [1.29, 1.82) is 0 Å². The van der Waals surface area contributed by atoms with Gasteiger partial charge in [-0.15, -0.1) is 0 Å². The van der Waals surface area contributed by atoms with E-state index in [0.717, 1.165) is 49.2 Å². The fourth-order valence-electron chi connectivity index (χ4n) is 3.75. The lowest BCUT2D eigenvalue weighted by atomic mass is 9.97. The number of nitrogens with one attached hydrogen (secondary N) is 2. The molecule has 0 atom stereocenters. The van der Waals surface area contributed by atoms with E-state index in [1.54, 1.807) is 4.90 Å². The van der Waals surface area contributed by atoms with Crippen LogP contribution in [0.15, 0.2) is 60.2 Å². The van der Waals surface area contributed by atoms with Gasteiger partial charge in [0.2, 0.25) is 0 Å². The lowest BCUT2D eigenvalue weighted by Crippen LogP contribution is -2.42. The molecule has 3 rings (SSSR count). The van der Waals surface area contributed by atoms with E-state index in [0.29, 0.717) is 19.0 Å². The van der Waals surface area contributed by atoms with Crippen LogP contribution in [0.1, 0.15) is 30.9 Å². The molecule has 2 amide bonds. The Labute approximate surface area is 181 Å². The van der Waals surface area contributed by atoms with Crippen molar-refractivity contribution in [1.82, 2.24) is 10.2 Å². The van der Waals surface area contributed by atoms with E-state index in [-0.39, 0.29) is 5.69 Å². The summed E-state index contributed by atoms with van der Waals surface area (Å²) in [5, 5.41) is 5.97. The molecule has 0 spiro atoms. The zero-order chi connectivity index (χ0) is 22.3. The Morgan fingerprint density at radius 3 is 2.52 bits per heavy atom. The molecule has 1 heterocycles. The third kappa shape index (κ3) is 7.14. The summed E-state index contributed by atoms with van der Waals surface area (Å²) in [6, 6.07) is 14.2. The van der Waals surface area contributed by atoms with Crippen molar-refractivity contribution < 1.29 is 18.0 Å². The predicted octanol–water partition coefficient (Wildman–Crippen LogP) is 5.64. The van der Waals surface area contributed by atoms with Crippen LogP contribution in [0.2, 0.25) is 0 Å². The van der Waals surface area contributed by atoms with Crippen LogP contribution < -0.4 is 10.6 Å². The van der Waals surface area contributed by atoms with Gasteiger partial charge in [0, 0.05) is 18.8 Å². The third-order valence-corrected chi connectivity index (χ3v) is 5.32. The normalized spacial score (nSPS) is 15.5. The number of alkyl halides is 3. The highest BCUT2D eigenvalue weighted by Crippen LogP contribution is 2.30. The molecule has 2 N–H and O–H groups in total. The molecule has 1 aliphatic rings. The van der Waals surface area contributed by atoms with Crippen molar-refractivity contribution in [2.45, 2.75) is 25.9 Å². The van der Waals surface area contributed by atoms with Crippen molar-refractivity contribution in [3.05, 3.63) is 71.3 Å². The highest BCUT2D eigenvalue weighted by Gasteiger charge is 2.30. The van der Waals surface area contributed by atoms with Crippen LogP contribution in [0.5, 0.6) is 0 Å². The topological polar surface area (TPSA) is 44.4 Å². The molecule has 31 heavy (non-hydrogen) atoms. The summed E-state index contributed by atoms with van der Waals surface area (Å²) in [5.74, 6) is 0.359. The standard InChI is InChI=1S/C24H28F3N3O/c1-18(14-19-6-3-2-4-7-19)16-30(17-20-10-12-28-13-11-20)23(31)29-22-9-5-8-21(15-22)24(25,26)27/h2-9,14-15,20,28H,10-13,16-17H2,1H3,(H,29,31). The summed E-state index contributed by atoms with van der Waals surface area (Å²) in [4.78, 5) is 14.7. The molecular formula is C24H28F3N3O. The third-order valence-electron chi connectivity index (χ3n) is 5.32. The number of carbonyl (C=O) groups excluding carboxylic acids is 1. The summed E-state index contributed by atoms with van der Waals surface area (Å²) >= 11 is 0. The summed E-state index contributed by atoms with van der Waals surface area (Å²) in [6.07, 6.45) is -0.499. The number of piperidine rings is 1. The van der Waals surface area contributed by atoms with E-state index in [1.165, 1.54) is 12.1 Å². The van der Waals surface area contributed by atoms with Crippen LogP contribution in [0.3, 0.4) is 0 Å². The van der Waals surface area contributed by atoms with Crippen LogP contribution in [0.25, 0.3) is 6.08 Å². The van der Waals surface area contributed by atoms with Gasteiger partial charge >= 0.3 is 12.2 Å². The molecule has 1 aliphatic heterocycles. The maximum atomic E-state index is 13.0. The quantitative estimate of drug-likeness (QED) is 0.622. The van der Waals surface area contributed by atoms with Crippen molar-refractivity contribution in [2.24, 2.45) is 5.92 Å². The molecule has 7 heteroatoms. The SMILES string of the molecule is CC(=Cc1ccccc1)CN(CC1CCNCC1)C(=O)Nc1cccc(C(F)(F)F)c1. The molecule has 2 aromatic carbocycles. The Kier molecular flexibility index (Phi) is 7.74. The average molecular weight is 432 g/mol. The lowest BCUT2D eigenvalue weighted by molar-refractivity contribution is -0.137. The minimum Gasteiger partial charge on any atom is -0.320 e. The molecule has 1 fully saturated rings. The van der Waals surface area contributed by atoms with Crippen LogP contribution in [-0.4, -0.2) is 37.1 Å². The first-order chi connectivity index (χ1) is 14.8. The van der Waals surface area contributed by atoms with Crippen LogP contribution in [0, 0.1) is 5.92 Å². The highest BCUT2D eigenvalue weighted by molar-refractivity contribution is 5.89. The van der Waals surface area contributed by atoms with Crippen molar-refractivity contribution in [3.63, 3.8) is 0 Å². The Hall–Kier alpha value is -2.80. The smallest absolute Gasteiger partial charge is 0.320 e. The van der Waals surface area contributed by atoms with E-state index < -0.39 is 17.8 Å². The monoisotopic (exact) mass is 431 g/mol. The molecule has 4 nitrogen and oxygen atoms in total. The van der Waals surface area contributed by atoms with Gasteiger partial charge in [-0.3, -0.25) is 0 Å². The minimum atomic E-state index is -4.45. The zero-order valence-corrected chi connectivity index (χ0v) is 17.6. The van der Waals surface area contributed by atoms with Gasteiger partial charge in [-0.25, -0.2) is 4.79 Å². The highest BCUT2D eigenvalue weighted by atomic mass is 19.4. The average Bonchev–Trinajstić information content (AvgIpc) is 2.74. The second-order valence-electron chi connectivity index (χ2n) is 7.98. The molecule has 0 bridgehead atoms. The molecule has 0 aliphatic carbocycles. The predicted molar refractivity (Wildman–Crippen MR) is 118 cm³/mol. The van der Waals surface area contributed by atoms with E-state index >= 15 is 0 Å². The molecule has 0 saturated carbocycles. The van der Waals surface area contributed by atoms with Gasteiger partial charge in [0.1, 0.15) is 0 Å². The Balaban J connectivity index is 1.75. The van der Waals surface area contributed by atoms with Crippen LogP contribution in [0.4, 0.5) is 23.7 Å². The molecule has 1 saturated heterocycles. The largest absolute Gasteiger partial charge is 0.416 e. The number of rotatable bonds is 6. The first-order valence-electron chi connectivity index (χ1n) is 10.5. The Morgan fingerprint density at radius 1 is 1.13 bits per heavy atom. The summed E-state index contributed by atoms with van der Waals surface area (Å²) in [6.45, 7) is 4.75. The summed E-state index contributed by atoms with van der Waals surface area (Å²) < 4.78 is 39.0. The minimum absolute atomic E-state index is 0.139. The number of urea groups is 1. The van der Waals surface area contributed by atoms with Gasteiger partial charge in [-0.05, 0) is 62.5 Å². The molecule has 0 radical (unpaired) electrons. The van der Waals surface area contributed by atoms with Crippen LogP contribution >= 0.6 is 0 Å². The van der Waals surface area contributed by atoms with Gasteiger partial charge in [0.25, 0.3) is 0 Å². The second-order valence-corrected chi connectivity index (χ2v) is 7.98. The van der Waals surface area contributed by atoms with Gasteiger partial charge in [-0.1, -0.05) is 48.0 Å². The number of benzene rings is 2. The lowest BCUT2D eigenvalue weighted by Gasteiger charge is -2.30. The van der Waals surface area contributed by atoms with Gasteiger partial charge in [-0.2, -0.15) is 13.2 Å². The molecular weight excluding hydrogens is 403 g/mol. The molecule has 2 aromatic rings. The maximum Gasteiger partial charge on any atom is 0.416 e. The number of halogens is 3. The Morgan fingerprint density at radius 2 is 1.84 bits per heavy atom. The zero-order valence-electron chi connectivity index (χ0n) is 17.6. The number of amides is 2. The molecule has 0 aromatic heterocycles. The first kappa shape index (κ1) is 22.9. The van der Waals surface area contributed by atoms with Crippen LogP contribution in [-0.2, 0) is 6.18 Å². The fraction of sp³-hybridized carbons (Fsp3) is 0.375.